The van der Waals surface area contributed by atoms with E-state index in [0.29, 0.717) is 5.56 Å². The molecule has 1 aliphatic rings. The van der Waals surface area contributed by atoms with Crippen LogP contribution in [0.15, 0.2) is 46.9 Å². The van der Waals surface area contributed by atoms with Crippen molar-refractivity contribution >= 4 is 38.6 Å². The van der Waals surface area contributed by atoms with Crippen molar-refractivity contribution in [3.63, 3.8) is 0 Å². The number of nitrogens with one attached hydrogen (secondary N) is 1. The van der Waals surface area contributed by atoms with Crippen LogP contribution in [0, 0.1) is 0 Å². The van der Waals surface area contributed by atoms with Gasteiger partial charge in [0.05, 0.1) is 17.6 Å². The molecule has 26 heavy (non-hydrogen) atoms. The van der Waals surface area contributed by atoms with Gasteiger partial charge in [0.15, 0.2) is 0 Å². The highest BCUT2D eigenvalue weighted by Crippen LogP contribution is 2.24. The topological polar surface area (TPSA) is 50.2 Å². The first-order chi connectivity index (χ1) is 12.6. The fourth-order valence-electron chi connectivity index (χ4n) is 3.49. The molecule has 1 amide bonds. The molecule has 0 saturated carbocycles. The van der Waals surface area contributed by atoms with Gasteiger partial charge in [0.2, 0.25) is 0 Å². The molecular formula is C20H21BrN4O. The van der Waals surface area contributed by atoms with E-state index in [2.05, 4.69) is 43.7 Å². The predicted octanol–water partition coefficient (Wildman–Crippen LogP) is 4.28. The number of rotatable bonds is 4. The van der Waals surface area contributed by atoms with E-state index in [1.54, 1.807) is 6.07 Å². The van der Waals surface area contributed by atoms with Gasteiger partial charge in [0, 0.05) is 28.8 Å². The van der Waals surface area contributed by atoms with Gasteiger partial charge < -0.3 is 9.88 Å². The van der Waals surface area contributed by atoms with E-state index in [1.165, 1.54) is 0 Å². The zero-order chi connectivity index (χ0) is 18.1. The van der Waals surface area contributed by atoms with Crippen molar-refractivity contribution in [1.82, 2.24) is 14.5 Å². The average molecular weight is 413 g/mol. The summed E-state index contributed by atoms with van der Waals surface area (Å²) in [6, 6.07) is 13.3. The van der Waals surface area contributed by atoms with Crippen molar-refractivity contribution in [2.24, 2.45) is 0 Å². The minimum absolute atomic E-state index is 0.122. The Labute approximate surface area is 161 Å². The lowest BCUT2D eigenvalue weighted by atomic mass is 10.2. The summed E-state index contributed by atoms with van der Waals surface area (Å²) in [5, 5.41) is 2.97. The van der Waals surface area contributed by atoms with Gasteiger partial charge in [0.1, 0.15) is 5.82 Å². The maximum Gasteiger partial charge on any atom is 0.255 e. The zero-order valence-corrected chi connectivity index (χ0v) is 16.3. The normalized spacial score (nSPS) is 14.4. The summed E-state index contributed by atoms with van der Waals surface area (Å²) in [6.45, 7) is 6.24. The van der Waals surface area contributed by atoms with Crippen molar-refractivity contribution in [2.75, 3.05) is 18.4 Å². The smallest absolute Gasteiger partial charge is 0.255 e. The summed E-state index contributed by atoms with van der Waals surface area (Å²) in [7, 11) is 0. The predicted molar refractivity (Wildman–Crippen MR) is 107 cm³/mol. The molecule has 1 aliphatic heterocycles. The van der Waals surface area contributed by atoms with Crippen LogP contribution in [-0.2, 0) is 13.1 Å². The Kier molecular flexibility index (Phi) is 4.78. The minimum atomic E-state index is -0.122. The van der Waals surface area contributed by atoms with E-state index in [1.807, 2.05) is 30.3 Å². The van der Waals surface area contributed by atoms with Crippen molar-refractivity contribution in [2.45, 2.75) is 26.4 Å². The maximum atomic E-state index is 12.4. The molecule has 1 aromatic heterocycles. The Morgan fingerprint density at radius 1 is 1.23 bits per heavy atom. The maximum absolute atomic E-state index is 12.4. The molecule has 2 aromatic carbocycles. The third-order valence-corrected chi connectivity index (χ3v) is 5.21. The minimum Gasteiger partial charge on any atom is -0.326 e. The highest BCUT2D eigenvalue weighted by molar-refractivity contribution is 9.10. The molecule has 4 rings (SSSR count). The number of imidazole rings is 1. The second kappa shape index (κ2) is 7.21. The number of carbonyl (C=O) groups excluding carboxylic acids is 1. The van der Waals surface area contributed by atoms with E-state index in [0.717, 1.165) is 59.6 Å². The number of nitrogens with zero attached hydrogens (tertiary/aromatic N) is 3. The lowest BCUT2D eigenvalue weighted by Crippen LogP contribution is -2.34. The number of benzene rings is 2. The fraction of sp³-hybridized carbons (Fsp3) is 0.300. The van der Waals surface area contributed by atoms with Gasteiger partial charge in [-0.1, -0.05) is 28.9 Å². The van der Waals surface area contributed by atoms with E-state index >= 15 is 0 Å². The van der Waals surface area contributed by atoms with Crippen LogP contribution >= 0.6 is 15.9 Å². The van der Waals surface area contributed by atoms with Crippen LogP contribution in [0.1, 0.15) is 29.5 Å². The SMILES string of the molecule is CCCN1CCn2c(nc3cc(NC(=O)c4cccc(Br)c4)ccc32)C1. The quantitative estimate of drug-likeness (QED) is 0.695. The Morgan fingerprint density at radius 2 is 2.12 bits per heavy atom. The van der Waals surface area contributed by atoms with Gasteiger partial charge in [-0.2, -0.15) is 0 Å². The first kappa shape index (κ1) is 17.2. The van der Waals surface area contributed by atoms with Gasteiger partial charge in [-0.15, -0.1) is 0 Å². The Balaban J connectivity index is 1.57. The van der Waals surface area contributed by atoms with E-state index < -0.39 is 0 Å². The number of aromatic nitrogens is 2. The van der Waals surface area contributed by atoms with Crippen LogP contribution in [-0.4, -0.2) is 33.4 Å². The molecule has 0 atom stereocenters. The van der Waals surface area contributed by atoms with Gasteiger partial charge in [-0.25, -0.2) is 4.98 Å². The summed E-state index contributed by atoms with van der Waals surface area (Å²) in [6.07, 6.45) is 1.16. The molecule has 6 heteroatoms. The molecule has 2 heterocycles. The molecule has 0 radical (unpaired) electrons. The summed E-state index contributed by atoms with van der Waals surface area (Å²) in [4.78, 5) is 19.7. The molecule has 0 aliphatic carbocycles. The van der Waals surface area contributed by atoms with Crippen molar-refractivity contribution in [1.29, 1.82) is 0 Å². The first-order valence-corrected chi connectivity index (χ1v) is 9.72. The summed E-state index contributed by atoms with van der Waals surface area (Å²) >= 11 is 3.40. The van der Waals surface area contributed by atoms with Crippen LogP contribution in [0.3, 0.4) is 0 Å². The number of halogens is 1. The largest absolute Gasteiger partial charge is 0.326 e. The van der Waals surface area contributed by atoms with Gasteiger partial charge in [-0.3, -0.25) is 9.69 Å². The number of carbonyl (C=O) groups is 1. The van der Waals surface area contributed by atoms with Crippen LogP contribution < -0.4 is 5.32 Å². The lowest BCUT2D eigenvalue weighted by Gasteiger charge is -2.27. The number of fused-ring (bicyclic) bond motifs is 3. The van der Waals surface area contributed by atoms with E-state index in [4.69, 9.17) is 4.98 Å². The van der Waals surface area contributed by atoms with E-state index in [9.17, 15) is 4.79 Å². The van der Waals surface area contributed by atoms with Gasteiger partial charge >= 0.3 is 0 Å². The highest BCUT2D eigenvalue weighted by atomic mass is 79.9. The Hall–Kier alpha value is -2.18. The second-order valence-corrected chi connectivity index (χ2v) is 7.54. The standard InChI is InChI=1S/C20H21BrN4O/c1-2-8-24-9-10-25-18-7-6-16(12-17(18)23-19(25)13-24)22-20(26)14-4-3-5-15(21)11-14/h3-7,11-12H,2,8-10,13H2,1H3,(H,22,26). The van der Waals surface area contributed by atoms with Crippen LogP contribution in [0.2, 0.25) is 0 Å². The Morgan fingerprint density at radius 3 is 2.92 bits per heavy atom. The molecule has 0 bridgehead atoms. The van der Waals surface area contributed by atoms with Crippen molar-refractivity contribution in [3.8, 4) is 0 Å². The molecule has 134 valence electrons. The highest BCUT2D eigenvalue weighted by Gasteiger charge is 2.19. The average Bonchev–Trinajstić information content (AvgIpc) is 2.98. The molecule has 5 nitrogen and oxygen atoms in total. The van der Waals surface area contributed by atoms with Gasteiger partial charge in [-0.05, 0) is 49.4 Å². The number of hydrogen-bond acceptors (Lipinski definition) is 3. The second-order valence-electron chi connectivity index (χ2n) is 6.62. The number of anilines is 1. The lowest BCUT2D eigenvalue weighted by molar-refractivity contribution is 0.102. The Bertz CT molecular complexity index is 966. The van der Waals surface area contributed by atoms with Crippen LogP contribution in [0.5, 0.6) is 0 Å². The molecule has 0 fully saturated rings. The van der Waals surface area contributed by atoms with Crippen molar-refractivity contribution < 1.29 is 4.79 Å². The fourth-order valence-corrected chi connectivity index (χ4v) is 3.89. The first-order valence-electron chi connectivity index (χ1n) is 8.92. The molecule has 0 unspecified atom stereocenters. The van der Waals surface area contributed by atoms with Crippen molar-refractivity contribution in [3.05, 3.63) is 58.3 Å². The molecule has 1 N–H and O–H groups in total. The summed E-state index contributed by atoms with van der Waals surface area (Å²) in [5.74, 6) is 0.985. The van der Waals surface area contributed by atoms with Crippen LogP contribution in [0.25, 0.3) is 11.0 Å². The molecular weight excluding hydrogens is 392 g/mol. The van der Waals surface area contributed by atoms with Crippen LogP contribution in [0.4, 0.5) is 5.69 Å². The molecule has 0 spiro atoms. The summed E-state index contributed by atoms with van der Waals surface area (Å²) < 4.78 is 3.18. The third kappa shape index (κ3) is 3.39. The summed E-state index contributed by atoms with van der Waals surface area (Å²) in [5.41, 5.74) is 3.46. The van der Waals surface area contributed by atoms with E-state index in [-0.39, 0.29) is 5.91 Å². The van der Waals surface area contributed by atoms with Gasteiger partial charge in [0.25, 0.3) is 5.91 Å². The third-order valence-electron chi connectivity index (χ3n) is 4.72. The number of hydrogen-bond donors (Lipinski definition) is 1. The molecule has 0 saturated heterocycles. The number of amides is 1. The molecule has 3 aromatic rings. The zero-order valence-electron chi connectivity index (χ0n) is 14.7. The monoisotopic (exact) mass is 412 g/mol.